The maximum atomic E-state index is 11.5. The van der Waals surface area contributed by atoms with Crippen LogP contribution in [0.4, 0.5) is 0 Å². The van der Waals surface area contributed by atoms with Gasteiger partial charge in [-0.25, -0.2) is 4.79 Å². The summed E-state index contributed by atoms with van der Waals surface area (Å²) >= 11 is 0. The highest BCUT2D eigenvalue weighted by Crippen LogP contribution is 2.19. The highest BCUT2D eigenvalue weighted by atomic mass is 16.5. The first-order chi connectivity index (χ1) is 9.58. The van der Waals surface area contributed by atoms with E-state index in [-0.39, 0.29) is 17.7 Å². The van der Waals surface area contributed by atoms with E-state index in [0.29, 0.717) is 12.3 Å². The summed E-state index contributed by atoms with van der Waals surface area (Å²) in [6, 6.07) is 9.88. The average molecular weight is 273 g/mol. The normalized spacial score (nSPS) is 10.2. The predicted octanol–water partition coefficient (Wildman–Crippen LogP) is 1.93. The molecular formula is C15H15NO4. The quantitative estimate of drug-likeness (QED) is 0.903. The molecule has 0 bridgehead atoms. The second-order valence-electron chi connectivity index (χ2n) is 4.39. The van der Waals surface area contributed by atoms with Gasteiger partial charge in [0.1, 0.15) is 17.9 Å². The fourth-order valence-corrected chi connectivity index (χ4v) is 1.84. The lowest BCUT2D eigenvalue weighted by Crippen LogP contribution is -2.21. The monoisotopic (exact) mass is 273 g/mol. The smallest absolute Gasteiger partial charge is 0.339 e. The Morgan fingerprint density at radius 3 is 2.80 bits per heavy atom. The molecule has 20 heavy (non-hydrogen) atoms. The Morgan fingerprint density at radius 1 is 1.30 bits per heavy atom. The Labute approximate surface area is 116 Å². The largest absolute Gasteiger partial charge is 0.491 e. The van der Waals surface area contributed by atoms with Crippen LogP contribution in [-0.2, 0) is 6.54 Å². The Bertz CT molecular complexity index is 676. The number of hydrogen-bond donors (Lipinski definition) is 1. The van der Waals surface area contributed by atoms with Crippen LogP contribution in [0.15, 0.2) is 47.4 Å². The van der Waals surface area contributed by atoms with Crippen LogP contribution < -0.4 is 10.3 Å². The van der Waals surface area contributed by atoms with E-state index in [9.17, 15) is 9.59 Å². The van der Waals surface area contributed by atoms with Crippen molar-refractivity contribution in [3.63, 3.8) is 0 Å². The Morgan fingerprint density at radius 2 is 2.10 bits per heavy atom. The van der Waals surface area contributed by atoms with E-state index in [1.165, 1.54) is 10.6 Å². The summed E-state index contributed by atoms with van der Waals surface area (Å²) in [4.78, 5) is 22.6. The van der Waals surface area contributed by atoms with Gasteiger partial charge >= 0.3 is 5.97 Å². The van der Waals surface area contributed by atoms with E-state index >= 15 is 0 Å². The van der Waals surface area contributed by atoms with Gasteiger partial charge in [0.2, 0.25) is 0 Å². The van der Waals surface area contributed by atoms with Crippen LogP contribution in [0, 0.1) is 6.92 Å². The van der Waals surface area contributed by atoms with E-state index in [1.54, 1.807) is 36.5 Å². The van der Waals surface area contributed by atoms with Crippen molar-refractivity contribution in [1.82, 2.24) is 4.57 Å². The van der Waals surface area contributed by atoms with Gasteiger partial charge in [-0.15, -0.1) is 0 Å². The molecule has 0 saturated carbocycles. The van der Waals surface area contributed by atoms with E-state index in [4.69, 9.17) is 9.84 Å². The summed E-state index contributed by atoms with van der Waals surface area (Å²) in [6.07, 6.45) is 1.67. The number of benzene rings is 1. The molecule has 2 rings (SSSR count). The highest BCUT2D eigenvalue weighted by molar-refractivity contribution is 5.91. The third-order valence-electron chi connectivity index (χ3n) is 2.85. The van der Waals surface area contributed by atoms with Gasteiger partial charge < -0.3 is 14.4 Å². The van der Waals surface area contributed by atoms with E-state index in [2.05, 4.69) is 0 Å². The van der Waals surface area contributed by atoms with Crippen LogP contribution in [-0.4, -0.2) is 22.2 Å². The van der Waals surface area contributed by atoms with Gasteiger partial charge in [0, 0.05) is 12.3 Å². The van der Waals surface area contributed by atoms with Gasteiger partial charge in [-0.1, -0.05) is 17.7 Å². The van der Waals surface area contributed by atoms with Crippen molar-refractivity contribution < 1.29 is 14.6 Å². The lowest BCUT2D eigenvalue weighted by atomic mass is 10.1. The number of aryl methyl sites for hydroxylation is 1. The van der Waals surface area contributed by atoms with Crippen LogP contribution in [0.1, 0.15) is 15.9 Å². The van der Waals surface area contributed by atoms with Crippen molar-refractivity contribution in [2.45, 2.75) is 13.5 Å². The number of aromatic carboxylic acids is 1. The summed E-state index contributed by atoms with van der Waals surface area (Å²) in [5.74, 6) is -0.715. The molecule has 0 fully saturated rings. The number of carboxylic acids is 1. The molecule has 1 N–H and O–H groups in total. The molecule has 0 atom stereocenters. The van der Waals surface area contributed by atoms with Crippen LogP contribution >= 0.6 is 0 Å². The standard InChI is InChI=1S/C15H15NO4/c1-11-5-6-13(12(10-11)15(18)19)20-9-8-16-7-3-2-4-14(16)17/h2-7,10H,8-9H2,1H3,(H,18,19). The number of nitrogens with zero attached hydrogens (tertiary/aromatic N) is 1. The van der Waals surface area contributed by atoms with Crippen molar-refractivity contribution in [2.75, 3.05) is 6.61 Å². The minimum atomic E-state index is -1.03. The number of carboxylic acid groups (broad SMARTS) is 1. The number of rotatable bonds is 5. The summed E-state index contributed by atoms with van der Waals surface area (Å²) < 4.78 is 6.98. The van der Waals surface area contributed by atoms with E-state index in [1.807, 2.05) is 6.92 Å². The summed E-state index contributed by atoms with van der Waals surface area (Å²) in [5.41, 5.74) is 0.873. The van der Waals surface area contributed by atoms with Crippen molar-refractivity contribution in [3.8, 4) is 5.75 Å². The van der Waals surface area contributed by atoms with Crippen molar-refractivity contribution in [3.05, 3.63) is 64.1 Å². The van der Waals surface area contributed by atoms with Crippen LogP contribution in [0.5, 0.6) is 5.75 Å². The number of ether oxygens (including phenoxy) is 1. The average Bonchev–Trinajstić information content (AvgIpc) is 2.42. The molecule has 104 valence electrons. The predicted molar refractivity (Wildman–Crippen MR) is 74.3 cm³/mol. The highest BCUT2D eigenvalue weighted by Gasteiger charge is 2.11. The number of carbonyl (C=O) groups is 1. The number of aromatic nitrogens is 1. The molecule has 5 nitrogen and oxygen atoms in total. The Hall–Kier alpha value is -2.56. The maximum absolute atomic E-state index is 11.5. The molecule has 0 unspecified atom stereocenters. The van der Waals surface area contributed by atoms with Gasteiger partial charge in [-0.2, -0.15) is 0 Å². The molecule has 1 aromatic heterocycles. The summed E-state index contributed by atoms with van der Waals surface area (Å²) in [6.45, 7) is 2.42. The molecule has 0 aliphatic carbocycles. The van der Waals surface area contributed by atoms with Gasteiger partial charge in [-0.3, -0.25) is 4.79 Å². The summed E-state index contributed by atoms with van der Waals surface area (Å²) in [5, 5.41) is 9.12. The molecule has 0 aliphatic heterocycles. The van der Waals surface area contributed by atoms with Crippen molar-refractivity contribution >= 4 is 5.97 Å². The fraction of sp³-hybridized carbons (Fsp3) is 0.200. The molecule has 2 aromatic rings. The SMILES string of the molecule is Cc1ccc(OCCn2ccccc2=O)c(C(=O)O)c1. The first-order valence-electron chi connectivity index (χ1n) is 6.20. The molecule has 0 spiro atoms. The van der Waals surface area contributed by atoms with Crippen LogP contribution in [0.3, 0.4) is 0 Å². The maximum Gasteiger partial charge on any atom is 0.339 e. The molecule has 5 heteroatoms. The lowest BCUT2D eigenvalue weighted by Gasteiger charge is -2.10. The first-order valence-corrected chi connectivity index (χ1v) is 6.20. The zero-order chi connectivity index (χ0) is 14.5. The zero-order valence-corrected chi connectivity index (χ0v) is 11.1. The number of pyridine rings is 1. The molecule has 0 radical (unpaired) electrons. The molecule has 0 saturated heterocycles. The second kappa shape index (κ2) is 6.06. The minimum absolute atomic E-state index is 0.113. The molecule has 1 heterocycles. The zero-order valence-electron chi connectivity index (χ0n) is 11.1. The minimum Gasteiger partial charge on any atom is -0.491 e. The van der Waals surface area contributed by atoms with Gasteiger partial charge in [0.15, 0.2) is 0 Å². The third-order valence-corrected chi connectivity index (χ3v) is 2.85. The first kappa shape index (κ1) is 13.9. The Kier molecular flexibility index (Phi) is 4.20. The van der Waals surface area contributed by atoms with Crippen LogP contribution in [0.2, 0.25) is 0 Å². The molecular weight excluding hydrogens is 258 g/mol. The van der Waals surface area contributed by atoms with E-state index < -0.39 is 5.97 Å². The van der Waals surface area contributed by atoms with Gasteiger partial charge in [-0.05, 0) is 25.1 Å². The van der Waals surface area contributed by atoms with Gasteiger partial charge in [0.25, 0.3) is 5.56 Å². The van der Waals surface area contributed by atoms with Crippen molar-refractivity contribution in [1.29, 1.82) is 0 Å². The third kappa shape index (κ3) is 3.26. The molecule has 0 amide bonds. The second-order valence-corrected chi connectivity index (χ2v) is 4.39. The number of hydrogen-bond acceptors (Lipinski definition) is 3. The van der Waals surface area contributed by atoms with Crippen molar-refractivity contribution in [2.24, 2.45) is 0 Å². The van der Waals surface area contributed by atoms with Gasteiger partial charge in [0.05, 0.1) is 6.54 Å². The lowest BCUT2D eigenvalue weighted by molar-refractivity contribution is 0.0692. The fourth-order valence-electron chi connectivity index (χ4n) is 1.84. The summed E-state index contributed by atoms with van der Waals surface area (Å²) in [7, 11) is 0. The topological polar surface area (TPSA) is 68.5 Å². The van der Waals surface area contributed by atoms with Crippen LogP contribution in [0.25, 0.3) is 0 Å². The molecule has 1 aromatic carbocycles. The van der Waals surface area contributed by atoms with E-state index in [0.717, 1.165) is 5.56 Å². The Balaban J connectivity index is 2.07. The molecule has 0 aliphatic rings.